The smallest absolute Gasteiger partial charge is 0.490 e. The summed E-state index contributed by atoms with van der Waals surface area (Å²) in [6.45, 7) is 1.04. The molecule has 3 N–H and O–H groups in total. The van der Waals surface area contributed by atoms with Crippen molar-refractivity contribution in [1.82, 2.24) is 20.0 Å². The number of ether oxygens (including phenoxy) is 2. The average molecular weight is 683 g/mol. The summed E-state index contributed by atoms with van der Waals surface area (Å²) >= 11 is 3.55. The van der Waals surface area contributed by atoms with Gasteiger partial charge in [0.1, 0.15) is 5.69 Å². The Morgan fingerprint density at radius 2 is 1.73 bits per heavy atom. The van der Waals surface area contributed by atoms with Gasteiger partial charge in [-0.05, 0) is 85.0 Å². The molecule has 1 aliphatic carbocycles. The number of amides is 2. The summed E-state index contributed by atoms with van der Waals surface area (Å²) < 4.78 is 45.5. The van der Waals surface area contributed by atoms with Crippen LogP contribution in [0.2, 0.25) is 0 Å². The first-order valence-corrected chi connectivity index (χ1v) is 14.7. The van der Waals surface area contributed by atoms with Crippen molar-refractivity contribution >= 4 is 33.6 Å². The van der Waals surface area contributed by atoms with Gasteiger partial charge in [0, 0.05) is 42.0 Å². The molecule has 2 amide bonds. The molecule has 1 aliphatic heterocycles. The third-order valence-corrected chi connectivity index (χ3v) is 8.84. The number of anilines is 1. The quantitative estimate of drug-likeness (QED) is 0.300. The maximum Gasteiger partial charge on any atom is 0.490 e. The maximum atomic E-state index is 12.9. The van der Waals surface area contributed by atoms with Crippen molar-refractivity contribution in [2.75, 3.05) is 33.1 Å². The molecule has 2 fully saturated rings. The molecule has 10 nitrogen and oxygen atoms in total. The molecule has 44 heavy (non-hydrogen) atoms. The number of benzene rings is 2. The molecule has 0 bridgehead atoms. The number of likely N-dealkylation sites (tertiary alicyclic amines) is 1. The number of nitrogens with one attached hydrogen (secondary N) is 2. The summed E-state index contributed by atoms with van der Waals surface area (Å²) in [7, 11) is 7.43. The van der Waals surface area contributed by atoms with E-state index in [0.717, 1.165) is 65.1 Å². The van der Waals surface area contributed by atoms with Gasteiger partial charge in [0.15, 0.2) is 11.5 Å². The van der Waals surface area contributed by atoms with Crippen molar-refractivity contribution in [1.29, 1.82) is 0 Å². The second kappa shape index (κ2) is 13.5. The SMILES string of the molecule is COc1ccc([C@@]23CC[C@@H](NC(=O)Nc4ccc(-c5nn(C)cc5Br)cc4)C[C@@H]2N(C)CC3)cc1OC.O=C(O)C(F)(F)F. The van der Waals surface area contributed by atoms with Gasteiger partial charge in [-0.15, -0.1) is 0 Å². The number of aliphatic carboxylic acids is 1. The molecule has 3 atom stereocenters. The number of fused-ring (bicyclic) bond motifs is 1. The molecule has 0 spiro atoms. The Morgan fingerprint density at radius 3 is 2.30 bits per heavy atom. The minimum absolute atomic E-state index is 0.0541. The van der Waals surface area contributed by atoms with Crippen LogP contribution in [0.15, 0.2) is 53.1 Å². The van der Waals surface area contributed by atoms with Gasteiger partial charge in [0.2, 0.25) is 0 Å². The second-order valence-corrected chi connectivity index (χ2v) is 11.8. The van der Waals surface area contributed by atoms with Gasteiger partial charge in [-0.1, -0.05) is 18.2 Å². The predicted molar refractivity (Wildman–Crippen MR) is 162 cm³/mol. The van der Waals surface area contributed by atoms with Gasteiger partial charge in [0.25, 0.3) is 0 Å². The highest BCUT2D eigenvalue weighted by Crippen LogP contribution is 2.49. The average Bonchev–Trinajstić information content (AvgIpc) is 3.50. The third kappa shape index (κ3) is 7.29. The Labute approximate surface area is 261 Å². The number of hydrogen-bond acceptors (Lipinski definition) is 6. The van der Waals surface area contributed by atoms with Gasteiger partial charge in [-0.25, -0.2) is 9.59 Å². The van der Waals surface area contributed by atoms with Gasteiger partial charge in [-0.2, -0.15) is 18.3 Å². The molecular weight excluding hydrogens is 647 g/mol. The number of nitrogens with zero attached hydrogens (tertiary/aromatic N) is 3. The van der Waals surface area contributed by atoms with Crippen LogP contribution in [0, 0.1) is 0 Å². The van der Waals surface area contributed by atoms with Crippen LogP contribution < -0.4 is 20.1 Å². The van der Waals surface area contributed by atoms with E-state index in [1.807, 2.05) is 43.6 Å². The lowest BCUT2D eigenvalue weighted by Gasteiger charge is -2.45. The number of alkyl halides is 3. The van der Waals surface area contributed by atoms with Crippen LogP contribution in [0.4, 0.5) is 23.7 Å². The van der Waals surface area contributed by atoms with E-state index in [0.29, 0.717) is 6.04 Å². The van der Waals surface area contributed by atoms with E-state index in [4.69, 9.17) is 19.4 Å². The lowest BCUT2D eigenvalue weighted by molar-refractivity contribution is -0.192. The number of carbonyl (C=O) groups excluding carboxylic acids is 1. The fourth-order valence-corrected chi connectivity index (χ4v) is 6.72. The molecule has 1 saturated carbocycles. The summed E-state index contributed by atoms with van der Waals surface area (Å²) in [5.74, 6) is -1.24. The fourth-order valence-electron chi connectivity index (χ4n) is 6.11. The first kappa shape index (κ1) is 33.1. The van der Waals surface area contributed by atoms with E-state index in [1.54, 1.807) is 18.9 Å². The van der Waals surface area contributed by atoms with Crippen molar-refractivity contribution in [3.8, 4) is 22.8 Å². The monoisotopic (exact) mass is 681 g/mol. The van der Waals surface area contributed by atoms with E-state index in [2.05, 4.69) is 55.7 Å². The van der Waals surface area contributed by atoms with Crippen LogP contribution in [0.1, 0.15) is 31.2 Å². The van der Waals surface area contributed by atoms with Crippen LogP contribution >= 0.6 is 15.9 Å². The summed E-state index contributed by atoms with van der Waals surface area (Å²) in [5.41, 5.74) is 3.96. The number of carboxylic acids is 1. The highest BCUT2D eigenvalue weighted by Gasteiger charge is 2.50. The zero-order chi connectivity index (χ0) is 32.2. The summed E-state index contributed by atoms with van der Waals surface area (Å²) in [6.07, 6.45) is 0.780. The van der Waals surface area contributed by atoms with Crippen LogP contribution in [0.5, 0.6) is 11.5 Å². The molecule has 2 heterocycles. The third-order valence-electron chi connectivity index (χ3n) is 8.26. The summed E-state index contributed by atoms with van der Waals surface area (Å²) in [6, 6.07) is 14.4. The molecule has 1 saturated heterocycles. The minimum atomic E-state index is -5.08. The topological polar surface area (TPSA) is 118 Å². The molecule has 5 rings (SSSR count). The number of rotatable bonds is 6. The van der Waals surface area contributed by atoms with Crippen LogP contribution in [0.25, 0.3) is 11.3 Å². The molecule has 14 heteroatoms. The van der Waals surface area contributed by atoms with Crippen LogP contribution in [-0.2, 0) is 17.3 Å². The molecule has 0 radical (unpaired) electrons. The lowest BCUT2D eigenvalue weighted by Crippen LogP contribution is -2.52. The van der Waals surface area contributed by atoms with E-state index in [9.17, 15) is 18.0 Å². The summed E-state index contributed by atoms with van der Waals surface area (Å²) in [4.78, 5) is 24.2. The zero-order valence-electron chi connectivity index (χ0n) is 24.7. The zero-order valence-corrected chi connectivity index (χ0v) is 26.3. The highest BCUT2D eigenvalue weighted by molar-refractivity contribution is 9.10. The normalized spacial score (nSPS) is 21.5. The van der Waals surface area contributed by atoms with Gasteiger partial charge in [0.05, 0.1) is 18.7 Å². The first-order valence-electron chi connectivity index (χ1n) is 13.9. The minimum Gasteiger partial charge on any atom is -0.493 e. The Kier molecular flexibility index (Phi) is 10.1. The van der Waals surface area contributed by atoms with Crippen LogP contribution in [-0.4, -0.2) is 77.9 Å². The number of carbonyl (C=O) groups is 2. The Bertz CT molecular complexity index is 1480. The number of aromatic nitrogens is 2. The van der Waals surface area contributed by atoms with E-state index < -0.39 is 12.1 Å². The highest BCUT2D eigenvalue weighted by atomic mass is 79.9. The van der Waals surface area contributed by atoms with Crippen molar-refractivity contribution < 1.29 is 37.3 Å². The number of carboxylic acid groups (broad SMARTS) is 1. The Balaban J connectivity index is 0.000000566. The molecule has 238 valence electrons. The second-order valence-electron chi connectivity index (χ2n) is 10.9. The molecule has 0 unspecified atom stereocenters. The fraction of sp³-hybridized carbons (Fsp3) is 0.433. The van der Waals surface area contributed by atoms with Crippen molar-refractivity contribution in [2.24, 2.45) is 7.05 Å². The standard InChI is InChI=1S/C28H34BrN5O3.C2HF3O2/c1-33-14-13-28(19-7-10-23(36-3)24(15-19)37-4)12-11-21(16-25(28)33)31-27(35)30-20-8-5-18(6-9-20)26-22(29)17-34(2)32-26;3-2(4,5)1(6)7/h5-10,15,17,21,25H,11-14,16H2,1-4H3,(H2,30,31,35);(H,6,7)/t21-,25+,28+;/m1./s1. The largest absolute Gasteiger partial charge is 0.493 e. The number of halogens is 4. The number of hydrogen-bond donors (Lipinski definition) is 3. The van der Waals surface area contributed by atoms with Crippen LogP contribution in [0.3, 0.4) is 0 Å². The summed E-state index contributed by atoms with van der Waals surface area (Å²) in [5, 5.41) is 17.8. The molecule has 3 aromatic rings. The lowest BCUT2D eigenvalue weighted by atomic mass is 9.65. The molecule has 2 aromatic carbocycles. The van der Waals surface area contributed by atoms with E-state index >= 15 is 0 Å². The van der Waals surface area contributed by atoms with E-state index in [-0.39, 0.29) is 17.5 Å². The van der Waals surface area contributed by atoms with E-state index in [1.165, 1.54) is 5.56 Å². The Hall–Kier alpha value is -3.78. The first-order chi connectivity index (χ1) is 20.8. The predicted octanol–water partition coefficient (Wildman–Crippen LogP) is 5.82. The molecular formula is C30H35BrF3N5O5. The molecule has 2 aliphatic rings. The van der Waals surface area contributed by atoms with Crippen molar-refractivity contribution in [3.63, 3.8) is 0 Å². The number of methoxy groups -OCH3 is 2. The van der Waals surface area contributed by atoms with Gasteiger partial charge >= 0.3 is 18.2 Å². The van der Waals surface area contributed by atoms with Gasteiger partial charge < -0.3 is 30.1 Å². The maximum absolute atomic E-state index is 12.9. The molecule has 1 aromatic heterocycles. The van der Waals surface area contributed by atoms with Crippen molar-refractivity contribution in [2.45, 2.75) is 49.4 Å². The number of aryl methyl sites for hydroxylation is 1. The Morgan fingerprint density at radius 1 is 1.07 bits per heavy atom. The van der Waals surface area contributed by atoms with Crippen molar-refractivity contribution in [3.05, 3.63) is 58.7 Å². The number of likely N-dealkylation sites (N-methyl/N-ethyl adjacent to an activating group) is 1. The number of urea groups is 1. The van der Waals surface area contributed by atoms with Gasteiger partial charge in [-0.3, -0.25) is 4.68 Å².